The Morgan fingerprint density at radius 1 is 1.03 bits per heavy atom. The molecule has 1 heterocycles. The van der Waals surface area contributed by atoms with Gasteiger partial charge in [-0.1, -0.05) is 12.1 Å². The highest BCUT2D eigenvalue weighted by Crippen LogP contribution is 2.25. The SMILES string of the molecule is CCN(CC)c1ccc2c(C)c(CCC(=O)CCCc3cccc(F)c3)c(=O)oc2c1. The maximum atomic E-state index is 13.2. The number of anilines is 1. The van der Waals surface area contributed by atoms with Gasteiger partial charge in [0.2, 0.25) is 0 Å². The molecule has 0 bridgehead atoms. The van der Waals surface area contributed by atoms with Crippen molar-refractivity contribution >= 4 is 22.4 Å². The van der Waals surface area contributed by atoms with Gasteiger partial charge in [-0.15, -0.1) is 0 Å². The Balaban J connectivity index is 1.65. The summed E-state index contributed by atoms with van der Waals surface area (Å²) >= 11 is 0. The molecule has 0 unspecified atom stereocenters. The van der Waals surface area contributed by atoms with Crippen molar-refractivity contribution < 1.29 is 13.6 Å². The van der Waals surface area contributed by atoms with Crippen LogP contribution < -0.4 is 10.5 Å². The Bertz CT molecular complexity index is 1120. The van der Waals surface area contributed by atoms with Crippen LogP contribution in [-0.4, -0.2) is 18.9 Å². The predicted molar refractivity (Wildman–Crippen MR) is 123 cm³/mol. The minimum Gasteiger partial charge on any atom is -0.422 e. The summed E-state index contributed by atoms with van der Waals surface area (Å²) in [4.78, 5) is 27.1. The second-order valence-electron chi connectivity index (χ2n) is 7.87. The van der Waals surface area contributed by atoms with E-state index < -0.39 is 0 Å². The molecule has 0 atom stereocenters. The summed E-state index contributed by atoms with van der Waals surface area (Å²) in [6, 6.07) is 12.4. The van der Waals surface area contributed by atoms with Gasteiger partial charge in [-0.3, -0.25) is 4.79 Å². The molecule has 0 radical (unpaired) electrons. The van der Waals surface area contributed by atoms with E-state index in [2.05, 4.69) is 18.7 Å². The molecular weight excluding hydrogens is 393 g/mol. The van der Waals surface area contributed by atoms with E-state index in [0.717, 1.165) is 35.3 Å². The van der Waals surface area contributed by atoms with Crippen LogP contribution in [0.2, 0.25) is 0 Å². The first-order valence-corrected chi connectivity index (χ1v) is 11.0. The number of halogens is 1. The van der Waals surface area contributed by atoms with Gasteiger partial charge in [-0.05, 0) is 75.4 Å². The molecule has 1 aromatic heterocycles. The number of Topliss-reactive ketones (excluding diaryl/α,β-unsaturated/α-hetero) is 1. The van der Waals surface area contributed by atoms with E-state index in [1.807, 2.05) is 31.2 Å². The maximum Gasteiger partial charge on any atom is 0.339 e. The average Bonchev–Trinajstić information content (AvgIpc) is 2.74. The monoisotopic (exact) mass is 423 g/mol. The number of hydrogen-bond donors (Lipinski definition) is 0. The predicted octanol–water partition coefficient (Wildman–Crippen LogP) is 5.61. The number of benzene rings is 2. The second kappa shape index (κ2) is 10.4. The van der Waals surface area contributed by atoms with Crippen molar-refractivity contribution in [2.24, 2.45) is 0 Å². The molecule has 3 rings (SSSR count). The van der Waals surface area contributed by atoms with Gasteiger partial charge in [0, 0.05) is 48.6 Å². The topological polar surface area (TPSA) is 50.5 Å². The molecule has 5 heteroatoms. The molecule has 0 N–H and O–H groups in total. The highest BCUT2D eigenvalue weighted by atomic mass is 19.1. The Morgan fingerprint density at radius 3 is 2.52 bits per heavy atom. The zero-order valence-electron chi connectivity index (χ0n) is 18.5. The third kappa shape index (κ3) is 5.60. The molecule has 4 nitrogen and oxygen atoms in total. The molecule has 0 aliphatic carbocycles. The second-order valence-corrected chi connectivity index (χ2v) is 7.87. The van der Waals surface area contributed by atoms with Crippen molar-refractivity contribution in [2.45, 2.75) is 52.9 Å². The molecule has 0 saturated heterocycles. The van der Waals surface area contributed by atoms with Crippen LogP contribution in [0.15, 0.2) is 51.7 Å². The van der Waals surface area contributed by atoms with E-state index in [0.29, 0.717) is 43.3 Å². The third-order valence-corrected chi connectivity index (χ3v) is 5.86. The lowest BCUT2D eigenvalue weighted by atomic mass is 9.99. The first-order valence-electron chi connectivity index (χ1n) is 11.0. The molecule has 0 aliphatic rings. The lowest BCUT2D eigenvalue weighted by molar-refractivity contribution is -0.119. The zero-order chi connectivity index (χ0) is 22.4. The van der Waals surface area contributed by atoms with E-state index in [9.17, 15) is 14.0 Å². The summed E-state index contributed by atoms with van der Waals surface area (Å²) in [6.45, 7) is 7.86. The Labute approximate surface area is 182 Å². The minimum absolute atomic E-state index is 0.104. The summed E-state index contributed by atoms with van der Waals surface area (Å²) in [5.41, 5.74) is 3.59. The highest BCUT2D eigenvalue weighted by Gasteiger charge is 2.14. The highest BCUT2D eigenvalue weighted by molar-refractivity contribution is 5.84. The smallest absolute Gasteiger partial charge is 0.339 e. The van der Waals surface area contributed by atoms with Crippen molar-refractivity contribution in [1.82, 2.24) is 0 Å². The van der Waals surface area contributed by atoms with Gasteiger partial charge in [-0.25, -0.2) is 9.18 Å². The molecule has 31 heavy (non-hydrogen) atoms. The van der Waals surface area contributed by atoms with Crippen LogP contribution in [-0.2, 0) is 17.6 Å². The molecular formula is C26H30FNO3. The van der Waals surface area contributed by atoms with Crippen LogP contribution in [0.1, 0.15) is 49.8 Å². The molecule has 164 valence electrons. The number of rotatable bonds is 10. The van der Waals surface area contributed by atoms with Crippen LogP contribution in [0.25, 0.3) is 11.0 Å². The summed E-state index contributed by atoms with van der Waals surface area (Å²) in [5, 5.41) is 0.907. The van der Waals surface area contributed by atoms with Gasteiger partial charge in [0.1, 0.15) is 17.2 Å². The quantitative estimate of drug-likeness (QED) is 0.398. The van der Waals surface area contributed by atoms with Gasteiger partial charge in [0.05, 0.1) is 0 Å². The van der Waals surface area contributed by atoms with Gasteiger partial charge in [0.15, 0.2) is 0 Å². The van der Waals surface area contributed by atoms with Gasteiger partial charge in [-0.2, -0.15) is 0 Å². The maximum absolute atomic E-state index is 13.2. The van der Waals surface area contributed by atoms with Crippen LogP contribution >= 0.6 is 0 Å². The molecule has 3 aromatic rings. The third-order valence-electron chi connectivity index (χ3n) is 5.86. The standard InChI is InChI=1S/C26H30FNO3/c1-4-28(5-2)21-12-14-23-18(3)24(26(30)31-25(23)17-21)15-13-22(29)11-7-9-19-8-6-10-20(27)16-19/h6,8,10,12,14,16-17H,4-5,7,9,11,13,15H2,1-3H3. The number of fused-ring (bicyclic) bond motifs is 1. The number of aryl methyl sites for hydroxylation is 2. The summed E-state index contributed by atoms with van der Waals surface area (Å²) in [6.07, 6.45) is 2.43. The molecule has 0 amide bonds. The number of nitrogens with zero attached hydrogens (tertiary/aromatic N) is 1. The molecule has 0 fully saturated rings. The van der Waals surface area contributed by atoms with Crippen molar-refractivity contribution in [3.8, 4) is 0 Å². The summed E-state index contributed by atoms with van der Waals surface area (Å²) in [5.74, 6) is -0.154. The molecule has 0 aliphatic heterocycles. The lowest BCUT2D eigenvalue weighted by Gasteiger charge is -2.21. The fraction of sp³-hybridized carbons (Fsp3) is 0.385. The normalized spacial score (nSPS) is 11.1. The van der Waals surface area contributed by atoms with Gasteiger partial charge >= 0.3 is 5.63 Å². The van der Waals surface area contributed by atoms with Crippen molar-refractivity contribution in [3.63, 3.8) is 0 Å². The molecule has 2 aromatic carbocycles. The number of hydrogen-bond acceptors (Lipinski definition) is 4. The van der Waals surface area contributed by atoms with Gasteiger partial charge < -0.3 is 9.32 Å². The van der Waals surface area contributed by atoms with Crippen LogP contribution in [0.4, 0.5) is 10.1 Å². The summed E-state index contributed by atoms with van der Waals surface area (Å²) < 4.78 is 18.8. The average molecular weight is 424 g/mol. The fourth-order valence-electron chi connectivity index (χ4n) is 4.03. The number of carbonyl (C=O) groups is 1. The van der Waals surface area contributed by atoms with Crippen LogP contribution in [0.3, 0.4) is 0 Å². The first-order chi connectivity index (χ1) is 14.9. The van der Waals surface area contributed by atoms with E-state index in [4.69, 9.17) is 4.42 Å². The van der Waals surface area contributed by atoms with Crippen molar-refractivity contribution in [1.29, 1.82) is 0 Å². The first kappa shape index (κ1) is 22.7. The summed E-state index contributed by atoms with van der Waals surface area (Å²) in [7, 11) is 0. The zero-order valence-corrected chi connectivity index (χ0v) is 18.5. The Hall–Kier alpha value is -2.95. The van der Waals surface area contributed by atoms with E-state index in [1.165, 1.54) is 12.1 Å². The largest absolute Gasteiger partial charge is 0.422 e. The van der Waals surface area contributed by atoms with Crippen LogP contribution in [0.5, 0.6) is 0 Å². The Morgan fingerprint density at radius 2 is 1.81 bits per heavy atom. The van der Waals surface area contributed by atoms with E-state index in [-0.39, 0.29) is 17.2 Å². The van der Waals surface area contributed by atoms with Crippen molar-refractivity contribution in [2.75, 3.05) is 18.0 Å². The molecule has 0 saturated carbocycles. The Kier molecular flexibility index (Phi) is 7.61. The number of ketones is 1. The van der Waals surface area contributed by atoms with Crippen LogP contribution in [0, 0.1) is 12.7 Å². The van der Waals surface area contributed by atoms with E-state index in [1.54, 1.807) is 6.07 Å². The number of carbonyl (C=O) groups excluding carboxylic acids is 1. The van der Waals surface area contributed by atoms with E-state index >= 15 is 0 Å². The lowest BCUT2D eigenvalue weighted by Crippen LogP contribution is -2.21. The van der Waals surface area contributed by atoms with Gasteiger partial charge in [0.25, 0.3) is 0 Å². The minimum atomic E-state index is -0.366. The van der Waals surface area contributed by atoms with Crippen molar-refractivity contribution in [3.05, 3.63) is 75.4 Å². The fourth-order valence-corrected chi connectivity index (χ4v) is 4.03. The molecule has 0 spiro atoms.